The van der Waals surface area contributed by atoms with E-state index in [1.54, 1.807) is 63.2 Å². The number of anilines is 1. The number of rotatable bonds is 12. The second kappa shape index (κ2) is 13.1. The number of sulfonamides is 1. The van der Waals surface area contributed by atoms with Gasteiger partial charge in [-0.1, -0.05) is 30.3 Å². The first-order valence-corrected chi connectivity index (χ1v) is 13.9. The first kappa shape index (κ1) is 30.1. The van der Waals surface area contributed by atoms with Crippen molar-refractivity contribution in [2.75, 3.05) is 18.0 Å². The van der Waals surface area contributed by atoms with E-state index in [1.807, 2.05) is 0 Å². The third-order valence-electron chi connectivity index (χ3n) is 6.07. The number of non-ortho nitro benzene ring substituents is 1. The molecule has 0 aliphatic rings. The molecule has 2 amide bonds. The van der Waals surface area contributed by atoms with Crippen LogP contribution >= 0.6 is 0 Å². The zero-order chi connectivity index (χ0) is 29.4. The van der Waals surface area contributed by atoms with E-state index in [0.717, 1.165) is 4.31 Å². The highest BCUT2D eigenvalue weighted by molar-refractivity contribution is 7.92. The van der Waals surface area contributed by atoms with Gasteiger partial charge in [0.1, 0.15) is 18.3 Å². The van der Waals surface area contributed by atoms with Crippen molar-refractivity contribution in [1.29, 1.82) is 0 Å². The largest absolute Gasteiger partial charge is 0.497 e. The van der Waals surface area contributed by atoms with Gasteiger partial charge in [-0.2, -0.15) is 0 Å². The predicted octanol–water partition coefficient (Wildman–Crippen LogP) is 3.74. The number of amides is 2. The third kappa shape index (κ3) is 7.35. The van der Waals surface area contributed by atoms with Crippen LogP contribution in [0.5, 0.6) is 5.75 Å². The number of nitrogens with zero attached hydrogens (tertiary/aromatic N) is 3. The van der Waals surface area contributed by atoms with Crippen molar-refractivity contribution < 1.29 is 27.7 Å². The second-order valence-electron chi connectivity index (χ2n) is 9.31. The molecular formula is C28H32N4O7S. The number of nitro groups is 1. The quantitative estimate of drug-likeness (QED) is 0.259. The van der Waals surface area contributed by atoms with Crippen molar-refractivity contribution >= 4 is 33.2 Å². The number of hydrogen-bond acceptors (Lipinski definition) is 7. The van der Waals surface area contributed by atoms with Crippen LogP contribution in [0.1, 0.15) is 26.3 Å². The topological polar surface area (TPSA) is 139 Å². The molecule has 1 unspecified atom stereocenters. The highest BCUT2D eigenvalue weighted by atomic mass is 32.2. The SMILES string of the molecule is COc1ccc(CN(C(=O)CN(c2ccc([N+](=O)[O-])cc2)S(=O)(=O)c2ccccc2)C(C)C(=O)NC(C)C)cc1. The summed E-state index contributed by atoms with van der Waals surface area (Å²) in [4.78, 5) is 38.6. The van der Waals surface area contributed by atoms with Gasteiger partial charge in [-0.15, -0.1) is 0 Å². The average molecular weight is 569 g/mol. The van der Waals surface area contributed by atoms with Crippen molar-refractivity contribution in [3.05, 3.63) is 94.5 Å². The molecule has 0 radical (unpaired) electrons. The predicted molar refractivity (Wildman–Crippen MR) is 150 cm³/mol. The van der Waals surface area contributed by atoms with Crippen molar-refractivity contribution in [2.45, 2.75) is 44.3 Å². The normalized spacial score (nSPS) is 11.9. The molecule has 12 heteroatoms. The molecule has 3 aromatic rings. The fourth-order valence-corrected chi connectivity index (χ4v) is 5.34. The van der Waals surface area contributed by atoms with Gasteiger partial charge in [-0.25, -0.2) is 8.42 Å². The van der Waals surface area contributed by atoms with Gasteiger partial charge in [0.25, 0.3) is 15.7 Å². The van der Waals surface area contributed by atoms with Crippen molar-refractivity contribution in [3.8, 4) is 5.75 Å². The van der Waals surface area contributed by atoms with Crippen LogP contribution in [0.4, 0.5) is 11.4 Å². The van der Waals surface area contributed by atoms with Crippen molar-refractivity contribution in [3.63, 3.8) is 0 Å². The maximum absolute atomic E-state index is 13.8. The summed E-state index contributed by atoms with van der Waals surface area (Å²) >= 11 is 0. The first-order chi connectivity index (χ1) is 18.9. The van der Waals surface area contributed by atoms with Crippen LogP contribution in [0.2, 0.25) is 0 Å². The number of methoxy groups -OCH3 is 1. The molecule has 0 saturated heterocycles. The van der Waals surface area contributed by atoms with Gasteiger partial charge in [0.2, 0.25) is 11.8 Å². The summed E-state index contributed by atoms with van der Waals surface area (Å²) in [5.41, 5.74) is 0.532. The van der Waals surface area contributed by atoms with Gasteiger partial charge < -0.3 is 15.0 Å². The van der Waals surface area contributed by atoms with Gasteiger partial charge in [-0.05, 0) is 62.7 Å². The summed E-state index contributed by atoms with van der Waals surface area (Å²) in [5, 5.41) is 14.0. The van der Waals surface area contributed by atoms with E-state index in [4.69, 9.17) is 4.74 Å². The molecule has 0 aliphatic heterocycles. The van der Waals surface area contributed by atoms with E-state index in [2.05, 4.69) is 5.32 Å². The molecule has 0 aliphatic carbocycles. The van der Waals surface area contributed by atoms with Gasteiger partial charge in [-0.3, -0.25) is 24.0 Å². The van der Waals surface area contributed by atoms with E-state index >= 15 is 0 Å². The number of ether oxygens (including phenoxy) is 1. The second-order valence-corrected chi connectivity index (χ2v) is 11.2. The van der Waals surface area contributed by atoms with E-state index in [0.29, 0.717) is 11.3 Å². The molecule has 212 valence electrons. The molecule has 0 fully saturated rings. The molecule has 11 nitrogen and oxygen atoms in total. The Labute approximate surface area is 233 Å². The Morgan fingerprint density at radius 3 is 2.08 bits per heavy atom. The van der Waals surface area contributed by atoms with E-state index in [1.165, 1.54) is 48.4 Å². The highest BCUT2D eigenvalue weighted by Gasteiger charge is 2.32. The number of hydrogen-bond donors (Lipinski definition) is 1. The molecule has 0 spiro atoms. The molecule has 3 aromatic carbocycles. The zero-order valence-electron chi connectivity index (χ0n) is 22.7. The van der Waals surface area contributed by atoms with Gasteiger partial charge >= 0.3 is 0 Å². The Morgan fingerprint density at radius 2 is 1.55 bits per heavy atom. The van der Waals surface area contributed by atoms with Crippen LogP contribution in [0.3, 0.4) is 0 Å². The van der Waals surface area contributed by atoms with Crippen LogP contribution in [0.25, 0.3) is 0 Å². The number of carbonyl (C=O) groups excluding carboxylic acids is 2. The smallest absolute Gasteiger partial charge is 0.269 e. The number of benzene rings is 3. The Bertz CT molecular complexity index is 1430. The summed E-state index contributed by atoms with van der Waals surface area (Å²) in [7, 11) is -2.73. The molecule has 3 rings (SSSR count). The van der Waals surface area contributed by atoms with Crippen molar-refractivity contribution in [1.82, 2.24) is 10.2 Å². The van der Waals surface area contributed by atoms with E-state index in [-0.39, 0.29) is 28.9 Å². The molecule has 1 atom stereocenters. The number of nitrogens with one attached hydrogen (secondary N) is 1. The number of carbonyl (C=O) groups is 2. The van der Waals surface area contributed by atoms with E-state index < -0.39 is 39.3 Å². The molecule has 0 saturated carbocycles. The van der Waals surface area contributed by atoms with Gasteiger partial charge in [0, 0.05) is 24.7 Å². The van der Waals surface area contributed by atoms with Gasteiger partial charge in [0.15, 0.2) is 0 Å². The van der Waals surface area contributed by atoms with Gasteiger partial charge in [0.05, 0.1) is 22.6 Å². The monoisotopic (exact) mass is 568 g/mol. The Kier molecular flexibility index (Phi) is 9.83. The molecular weight excluding hydrogens is 536 g/mol. The fourth-order valence-electron chi connectivity index (χ4n) is 3.90. The molecule has 0 aromatic heterocycles. The summed E-state index contributed by atoms with van der Waals surface area (Å²) < 4.78 is 33.5. The molecule has 40 heavy (non-hydrogen) atoms. The summed E-state index contributed by atoms with van der Waals surface area (Å²) in [6.45, 7) is 4.53. The minimum atomic E-state index is -4.26. The average Bonchev–Trinajstić information content (AvgIpc) is 2.94. The van der Waals surface area contributed by atoms with Crippen LogP contribution in [0.15, 0.2) is 83.8 Å². The Morgan fingerprint density at radius 1 is 0.950 bits per heavy atom. The Hall–Kier alpha value is -4.45. The zero-order valence-corrected chi connectivity index (χ0v) is 23.5. The third-order valence-corrected chi connectivity index (χ3v) is 7.86. The lowest BCUT2D eigenvalue weighted by atomic mass is 10.1. The summed E-state index contributed by atoms with van der Waals surface area (Å²) in [5.74, 6) is -0.421. The molecule has 0 heterocycles. The first-order valence-electron chi connectivity index (χ1n) is 12.5. The van der Waals surface area contributed by atoms with Crippen LogP contribution in [-0.2, 0) is 26.2 Å². The number of nitro benzene ring substituents is 1. The molecule has 1 N–H and O–H groups in total. The maximum Gasteiger partial charge on any atom is 0.269 e. The standard InChI is InChI=1S/C28H32N4O7S/c1-20(2)29-28(34)21(3)30(18-22-10-16-25(39-4)17-11-22)27(33)19-31(23-12-14-24(15-13-23)32(35)36)40(37,38)26-8-6-5-7-9-26/h5-17,20-21H,18-19H2,1-4H3,(H,29,34). The Balaban J connectivity index is 2.03. The lowest BCUT2D eigenvalue weighted by Gasteiger charge is -2.32. The maximum atomic E-state index is 13.8. The van der Waals surface area contributed by atoms with Crippen LogP contribution in [-0.4, -0.2) is 55.8 Å². The lowest BCUT2D eigenvalue weighted by molar-refractivity contribution is -0.384. The summed E-state index contributed by atoms with van der Waals surface area (Å²) in [6, 6.07) is 18.3. The van der Waals surface area contributed by atoms with Crippen molar-refractivity contribution in [2.24, 2.45) is 0 Å². The van der Waals surface area contributed by atoms with E-state index in [9.17, 15) is 28.1 Å². The van der Waals surface area contributed by atoms with Crippen LogP contribution in [0, 0.1) is 10.1 Å². The fraction of sp³-hybridized carbons (Fsp3) is 0.286. The minimum absolute atomic E-state index is 0.0228. The lowest BCUT2D eigenvalue weighted by Crippen LogP contribution is -2.52. The molecule has 0 bridgehead atoms. The summed E-state index contributed by atoms with van der Waals surface area (Å²) in [6.07, 6.45) is 0. The minimum Gasteiger partial charge on any atom is -0.497 e. The van der Waals surface area contributed by atoms with Crippen LogP contribution < -0.4 is 14.4 Å². The highest BCUT2D eigenvalue weighted by Crippen LogP contribution is 2.26.